The van der Waals surface area contributed by atoms with Crippen molar-refractivity contribution in [3.63, 3.8) is 0 Å². The van der Waals surface area contributed by atoms with E-state index in [0.29, 0.717) is 12.0 Å². The van der Waals surface area contributed by atoms with E-state index >= 15 is 0 Å². The van der Waals surface area contributed by atoms with Crippen LogP contribution in [-0.2, 0) is 30.1 Å². The molecule has 6 atom stereocenters. The predicted octanol–water partition coefficient (Wildman–Crippen LogP) is 1.43. The van der Waals surface area contributed by atoms with E-state index in [1.165, 1.54) is 4.90 Å². The Labute approximate surface area is 232 Å². The molecule has 39 heavy (non-hydrogen) atoms. The fourth-order valence-electron chi connectivity index (χ4n) is 5.58. The molecule has 11 nitrogen and oxygen atoms in total. The van der Waals surface area contributed by atoms with Gasteiger partial charge in [0.15, 0.2) is 0 Å². The second kappa shape index (κ2) is 11.2. The van der Waals surface area contributed by atoms with E-state index < -0.39 is 63.9 Å². The Morgan fingerprint density at radius 2 is 1.77 bits per heavy atom. The molecule has 12 heteroatoms. The lowest BCUT2D eigenvalue weighted by Gasteiger charge is -2.35. The molecule has 4 amide bonds. The van der Waals surface area contributed by atoms with Gasteiger partial charge in [0.1, 0.15) is 34.7 Å². The van der Waals surface area contributed by atoms with Gasteiger partial charge in [0.05, 0.1) is 11.4 Å². The highest BCUT2D eigenvalue weighted by molar-refractivity contribution is 7.84. The Bertz CT molecular complexity index is 1050. The van der Waals surface area contributed by atoms with Gasteiger partial charge >= 0.3 is 6.09 Å². The van der Waals surface area contributed by atoms with Crippen LogP contribution in [0.15, 0.2) is 12.2 Å². The van der Waals surface area contributed by atoms with Gasteiger partial charge in [-0.3, -0.25) is 19.1 Å². The zero-order valence-corrected chi connectivity index (χ0v) is 24.1. The standard InChI is InChI=1S/C27H42N4O7S/c1-15(2)19-13-27(19,24(35)30-39(37)18-10-11-18)29-22(33)20-12-16(32)14-31(20)23(34)21(26(3,4)5)28-25(36)38-17-8-6-7-9-17/h16-21,32H,1,6-14H2,2-5H3,(H,28,36)(H,29,33)(H,30,35)/t16-,19+,20+,21-,27-,39?/m1/s1. The van der Waals surface area contributed by atoms with Gasteiger partial charge in [-0.2, -0.15) is 0 Å². The normalized spacial score (nSPS) is 30.3. The van der Waals surface area contributed by atoms with Crippen molar-refractivity contribution in [3.8, 4) is 0 Å². The number of likely N-dealkylation sites (tertiary alicyclic amines) is 1. The fourth-order valence-corrected chi connectivity index (χ4v) is 6.68. The number of carbonyl (C=O) groups excluding carboxylic acids is 4. The molecule has 1 heterocycles. The largest absolute Gasteiger partial charge is 0.446 e. The third-order valence-corrected chi connectivity index (χ3v) is 9.61. The average molecular weight is 567 g/mol. The number of carbonyl (C=O) groups is 4. The molecule has 0 bridgehead atoms. The zero-order chi connectivity index (χ0) is 28.7. The summed E-state index contributed by atoms with van der Waals surface area (Å²) < 4.78 is 20.4. The number of aliphatic hydroxyl groups is 1. The van der Waals surface area contributed by atoms with Crippen molar-refractivity contribution in [3.05, 3.63) is 12.2 Å². The Balaban J connectivity index is 1.48. The molecule has 0 aromatic heterocycles. The first kappa shape index (κ1) is 29.5. The van der Waals surface area contributed by atoms with Crippen LogP contribution in [0.25, 0.3) is 0 Å². The predicted molar refractivity (Wildman–Crippen MR) is 144 cm³/mol. The summed E-state index contributed by atoms with van der Waals surface area (Å²) >= 11 is 0. The molecule has 4 fully saturated rings. The first-order chi connectivity index (χ1) is 18.2. The maximum absolute atomic E-state index is 13.8. The van der Waals surface area contributed by atoms with Crippen LogP contribution in [0.4, 0.5) is 4.79 Å². The van der Waals surface area contributed by atoms with Gasteiger partial charge in [-0.25, -0.2) is 9.00 Å². The smallest absolute Gasteiger partial charge is 0.408 e. The number of β-amino-alcohol motifs (C(OH)–C–C–N with tert-alkyl or cyclic N) is 1. The second-order valence-corrected chi connectivity index (χ2v) is 14.1. The first-order valence-corrected chi connectivity index (χ1v) is 15.1. The number of hydrogen-bond acceptors (Lipinski definition) is 7. The second-order valence-electron chi connectivity index (χ2n) is 12.6. The quantitative estimate of drug-likeness (QED) is 0.308. The summed E-state index contributed by atoms with van der Waals surface area (Å²) in [4.78, 5) is 54.4. The SMILES string of the molecule is C=C(C)[C@@H]1C[C@]1(NC(=O)[C@@H]1C[C@@H](O)CN1C(=O)[C@@H](NC(=O)OC1CCCC1)C(C)(C)C)C(=O)NS(=O)C1CC1. The highest BCUT2D eigenvalue weighted by atomic mass is 32.2. The fraction of sp³-hybridized carbons (Fsp3) is 0.778. The van der Waals surface area contributed by atoms with Crippen molar-refractivity contribution in [2.45, 2.75) is 114 Å². The van der Waals surface area contributed by atoms with Gasteiger partial charge < -0.3 is 25.4 Å². The lowest BCUT2D eigenvalue weighted by Crippen LogP contribution is -2.60. The van der Waals surface area contributed by atoms with Crippen LogP contribution in [0.2, 0.25) is 0 Å². The number of nitrogens with one attached hydrogen (secondary N) is 3. The Kier molecular flexibility index (Phi) is 8.47. The van der Waals surface area contributed by atoms with E-state index in [0.717, 1.165) is 38.5 Å². The topological polar surface area (TPSA) is 154 Å². The number of amides is 4. The monoisotopic (exact) mass is 566 g/mol. The van der Waals surface area contributed by atoms with Gasteiger partial charge in [-0.1, -0.05) is 32.9 Å². The average Bonchev–Trinajstić information content (AvgIpc) is 3.73. The molecule has 1 unspecified atom stereocenters. The number of rotatable bonds is 9. The summed E-state index contributed by atoms with van der Waals surface area (Å²) in [7, 11) is -1.52. The Morgan fingerprint density at radius 3 is 2.31 bits per heavy atom. The maximum Gasteiger partial charge on any atom is 0.408 e. The van der Waals surface area contributed by atoms with E-state index in [2.05, 4.69) is 21.9 Å². The van der Waals surface area contributed by atoms with Crippen LogP contribution in [0.1, 0.15) is 79.1 Å². The molecule has 0 aromatic carbocycles. The van der Waals surface area contributed by atoms with Crippen molar-refractivity contribution in [1.82, 2.24) is 20.3 Å². The number of nitrogens with zero attached hydrogens (tertiary/aromatic N) is 1. The van der Waals surface area contributed by atoms with Crippen LogP contribution >= 0.6 is 0 Å². The summed E-state index contributed by atoms with van der Waals surface area (Å²) in [5, 5.41) is 15.9. The van der Waals surface area contributed by atoms with Crippen LogP contribution in [0.5, 0.6) is 0 Å². The molecule has 4 aliphatic rings. The van der Waals surface area contributed by atoms with E-state index in [1.807, 2.05) is 0 Å². The molecule has 218 valence electrons. The minimum atomic E-state index is -1.52. The number of aliphatic hydroxyl groups excluding tert-OH is 1. The van der Waals surface area contributed by atoms with Crippen molar-refractivity contribution in [2.75, 3.05) is 6.54 Å². The number of alkyl carbamates (subject to hydrolysis) is 1. The third-order valence-electron chi connectivity index (χ3n) is 8.14. The van der Waals surface area contributed by atoms with Crippen LogP contribution in [0, 0.1) is 11.3 Å². The van der Waals surface area contributed by atoms with E-state index in [1.54, 1.807) is 27.7 Å². The van der Waals surface area contributed by atoms with Crippen LogP contribution < -0.4 is 15.4 Å². The van der Waals surface area contributed by atoms with Gasteiger partial charge in [-0.15, -0.1) is 0 Å². The van der Waals surface area contributed by atoms with Gasteiger partial charge in [-0.05, 0) is 57.3 Å². The van der Waals surface area contributed by atoms with Crippen LogP contribution in [-0.4, -0.2) is 79.7 Å². The molecule has 0 spiro atoms. The Morgan fingerprint density at radius 1 is 1.13 bits per heavy atom. The minimum absolute atomic E-state index is 0.00953. The van der Waals surface area contributed by atoms with Crippen molar-refractivity contribution < 1.29 is 33.2 Å². The first-order valence-electron chi connectivity index (χ1n) is 13.9. The molecule has 0 aromatic rings. The van der Waals surface area contributed by atoms with Crippen molar-refractivity contribution in [1.29, 1.82) is 0 Å². The highest BCUT2D eigenvalue weighted by Gasteiger charge is 2.63. The molecular weight excluding hydrogens is 524 g/mol. The van der Waals surface area contributed by atoms with E-state index in [9.17, 15) is 28.5 Å². The molecule has 0 radical (unpaired) electrons. The molecule has 3 aliphatic carbocycles. The molecule has 3 saturated carbocycles. The lowest BCUT2D eigenvalue weighted by molar-refractivity contribution is -0.143. The highest BCUT2D eigenvalue weighted by Crippen LogP contribution is 2.48. The summed E-state index contributed by atoms with van der Waals surface area (Å²) in [5.74, 6) is -1.96. The summed E-state index contributed by atoms with van der Waals surface area (Å²) in [6.45, 7) is 11.0. The Hall–Kier alpha value is -2.47. The van der Waals surface area contributed by atoms with E-state index in [-0.39, 0.29) is 30.2 Å². The van der Waals surface area contributed by atoms with Gasteiger partial charge in [0, 0.05) is 18.9 Å². The third kappa shape index (κ3) is 6.65. The maximum atomic E-state index is 13.8. The van der Waals surface area contributed by atoms with E-state index in [4.69, 9.17) is 4.74 Å². The summed E-state index contributed by atoms with van der Waals surface area (Å²) in [5.41, 5.74) is -1.31. The molecule has 1 saturated heterocycles. The van der Waals surface area contributed by atoms with Gasteiger partial charge in [0.25, 0.3) is 5.91 Å². The zero-order valence-electron chi connectivity index (χ0n) is 23.3. The number of hydrogen-bond donors (Lipinski definition) is 4. The van der Waals surface area contributed by atoms with Gasteiger partial charge in [0.2, 0.25) is 11.8 Å². The summed E-state index contributed by atoms with van der Waals surface area (Å²) in [6.07, 6.45) is 3.62. The molecule has 1 aliphatic heterocycles. The number of ether oxygens (including phenoxy) is 1. The molecular formula is C27H42N4O7S. The molecule has 4 N–H and O–H groups in total. The lowest BCUT2D eigenvalue weighted by atomic mass is 9.85. The summed E-state index contributed by atoms with van der Waals surface area (Å²) in [6, 6.07) is -2.05. The van der Waals surface area contributed by atoms with Crippen molar-refractivity contribution >= 4 is 34.8 Å². The molecule has 4 rings (SSSR count). The van der Waals surface area contributed by atoms with Crippen molar-refractivity contribution in [2.24, 2.45) is 11.3 Å². The van der Waals surface area contributed by atoms with Crippen LogP contribution in [0.3, 0.4) is 0 Å². The minimum Gasteiger partial charge on any atom is -0.446 e.